The number of hydrogen-bond donors (Lipinski definition) is 1. The molecule has 1 aliphatic rings. The van der Waals surface area contributed by atoms with E-state index in [1.807, 2.05) is 0 Å². The lowest BCUT2D eigenvalue weighted by atomic mass is 9.97. The highest BCUT2D eigenvalue weighted by atomic mass is 35.5. The number of amides is 1. The molecule has 34 heavy (non-hydrogen) atoms. The first-order chi connectivity index (χ1) is 16.5. The lowest BCUT2D eigenvalue weighted by Crippen LogP contribution is -2.41. The van der Waals surface area contributed by atoms with Crippen LogP contribution in [0.4, 0.5) is 11.5 Å². The van der Waals surface area contributed by atoms with Gasteiger partial charge in [0, 0.05) is 36.4 Å². The molecule has 1 aromatic heterocycles. The standard InChI is InChI=1S/C25H27ClN4O3S/c1-16-6-8-18(9-7-16)34-25-23(27-10-11-28-25)30-12-4-5-17(15-30)24(31)29-20-13-19(26)21(32-2)14-22(20)33-3/h6-11,13-14,17H,4-5,12,15H2,1-3H3,(H,29,31). The fourth-order valence-electron chi connectivity index (χ4n) is 3.90. The second kappa shape index (κ2) is 11.0. The number of halogens is 1. The smallest absolute Gasteiger partial charge is 0.229 e. The first kappa shape index (κ1) is 24.2. The number of carbonyl (C=O) groups excluding carboxylic acids is 1. The van der Waals surface area contributed by atoms with Crippen LogP contribution < -0.4 is 19.7 Å². The van der Waals surface area contributed by atoms with E-state index in [0.29, 0.717) is 28.8 Å². The van der Waals surface area contributed by atoms with Gasteiger partial charge in [-0.05, 0) is 38.0 Å². The van der Waals surface area contributed by atoms with Crippen LogP contribution in [-0.2, 0) is 4.79 Å². The minimum Gasteiger partial charge on any atom is -0.495 e. The van der Waals surface area contributed by atoms with Crippen LogP contribution in [-0.4, -0.2) is 43.2 Å². The SMILES string of the molecule is COc1cc(OC)c(NC(=O)C2CCCN(c3nccnc3Sc3ccc(C)cc3)C2)cc1Cl. The molecule has 3 aromatic rings. The summed E-state index contributed by atoms with van der Waals surface area (Å²) in [6, 6.07) is 11.6. The largest absolute Gasteiger partial charge is 0.495 e. The van der Waals surface area contributed by atoms with Crippen molar-refractivity contribution in [2.75, 3.05) is 37.5 Å². The molecule has 1 aliphatic heterocycles. The number of rotatable bonds is 7. The van der Waals surface area contributed by atoms with Crippen LogP contribution in [0.3, 0.4) is 0 Å². The fourth-order valence-corrected chi connectivity index (χ4v) is 5.02. The number of nitrogens with zero attached hydrogens (tertiary/aromatic N) is 3. The van der Waals surface area contributed by atoms with Crippen molar-refractivity contribution in [1.82, 2.24) is 9.97 Å². The van der Waals surface area contributed by atoms with Crippen molar-refractivity contribution in [3.05, 3.63) is 59.4 Å². The normalized spacial score (nSPS) is 15.6. The molecule has 0 spiro atoms. The minimum absolute atomic E-state index is 0.0825. The number of piperidine rings is 1. The van der Waals surface area contributed by atoms with Crippen molar-refractivity contribution in [3.8, 4) is 11.5 Å². The van der Waals surface area contributed by atoms with E-state index in [1.54, 1.807) is 43.4 Å². The number of methoxy groups -OCH3 is 2. The molecule has 178 valence electrons. The fraction of sp³-hybridized carbons (Fsp3) is 0.320. The highest BCUT2D eigenvalue weighted by molar-refractivity contribution is 7.99. The third-order valence-electron chi connectivity index (χ3n) is 5.71. The van der Waals surface area contributed by atoms with Crippen molar-refractivity contribution >= 4 is 40.8 Å². The monoisotopic (exact) mass is 498 g/mol. The van der Waals surface area contributed by atoms with Crippen molar-refractivity contribution in [2.45, 2.75) is 29.7 Å². The van der Waals surface area contributed by atoms with Crippen LogP contribution in [0.1, 0.15) is 18.4 Å². The molecule has 0 saturated carbocycles. The summed E-state index contributed by atoms with van der Waals surface area (Å²) in [5.41, 5.74) is 1.73. The van der Waals surface area contributed by atoms with E-state index in [4.69, 9.17) is 21.1 Å². The summed E-state index contributed by atoms with van der Waals surface area (Å²) in [6.07, 6.45) is 5.06. The number of nitrogens with one attached hydrogen (secondary N) is 1. The van der Waals surface area contributed by atoms with E-state index in [9.17, 15) is 4.79 Å². The van der Waals surface area contributed by atoms with E-state index in [2.05, 4.69) is 51.4 Å². The van der Waals surface area contributed by atoms with E-state index < -0.39 is 0 Å². The van der Waals surface area contributed by atoms with E-state index in [-0.39, 0.29) is 11.8 Å². The summed E-state index contributed by atoms with van der Waals surface area (Å²) in [6.45, 7) is 3.44. The molecular formula is C25H27ClN4O3S. The topological polar surface area (TPSA) is 76.6 Å². The average Bonchev–Trinajstić information content (AvgIpc) is 2.86. The molecule has 9 heteroatoms. The Bertz CT molecular complexity index is 1160. The first-order valence-electron chi connectivity index (χ1n) is 11.0. The van der Waals surface area contributed by atoms with Crippen molar-refractivity contribution in [1.29, 1.82) is 0 Å². The second-order valence-electron chi connectivity index (χ2n) is 8.06. The van der Waals surface area contributed by atoms with Gasteiger partial charge in [-0.2, -0.15) is 0 Å². The van der Waals surface area contributed by atoms with E-state index in [1.165, 1.54) is 12.7 Å². The van der Waals surface area contributed by atoms with Gasteiger partial charge in [-0.3, -0.25) is 4.79 Å². The zero-order chi connectivity index (χ0) is 24.1. The molecule has 0 bridgehead atoms. The lowest BCUT2D eigenvalue weighted by molar-refractivity contribution is -0.120. The molecule has 0 radical (unpaired) electrons. The third kappa shape index (κ3) is 5.56. The Labute approximate surface area is 208 Å². The van der Waals surface area contributed by atoms with Crippen molar-refractivity contribution < 1.29 is 14.3 Å². The Morgan fingerprint density at radius 1 is 1.12 bits per heavy atom. The molecule has 7 nitrogen and oxygen atoms in total. The number of benzene rings is 2. The van der Waals surface area contributed by atoms with Crippen LogP contribution in [0.2, 0.25) is 5.02 Å². The predicted octanol–water partition coefficient (Wildman–Crippen LogP) is 5.46. The Balaban J connectivity index is 1.49. The zero-order valence-corrected chi connectivity index (χ0v) is 20.9. The zero-order valence-electron chi connectivity index (χ0n) is 19.4. The van der Waals surface area contributed by atoms with Gasteiger partial charge in [0.05, 0.1) is 30.8 Å². The summed E-state index contributed by atoms with van der Waals surface area (Å²) in [7, 11) is 3.08. The van der Waals surface area contributed by atoms with Gasteiger partial charge < -0.3 is 19.7 Å². The van der Waals surface area contributed by atoms with Gasteiger partial charge in [0.25, 0.3) is 0 Å². The van der Waals surface area contributed by atoms with Gasteiger partial charge in [-0.1, -0.05) is 41.1 Å². The molecule has 1 N–H and O–H groups in total. The second-order valence-corrected chi connectivity index (χ2v) is 9.53. The summed E-state index contributed by atoms with van der Waals surface area (Å²) in [5, 5.41) is 4.22. The van der Waals surface area contributed by atoms with Crippen molar-refractivity contribution in [2.24, 2.45) is 5.92 Å². The van der Waals surface area contributed by atoms with Gasteiger partial charge in [0.1, 0.15) is 16.5 Å². The third-order valence-corrected chi connectivity index (χ3v) is 6.99. The molecular weight excluding hydrogens is 472 g/mol. The molecule has 0 aliphatic carbocycles. The molecule has 1 saturated heterocycles. The summed E-state index contributed by atoms with van der Waals surface area (Å²) >= 11 is 7.85. The Kier molecular flexibility index (Phi) is 7.80. The van der Waals surface area contributed by atoms with E-state index in [0.717, 1.165) is 35.1 Å². The highest BCUT2D eigenvalue weighted by Gasteiger charge is 2.29. The van der Waals surface area contributed by atoms with E-state index >= 15 is 0 Å². The summed E-state index contributed by atoms with van der Waals surface area (Å²) < 4.78 is 10.7. The maximum Gasteiger partial charge on any atom is 0.229 e. The highest BCUT2D eigenvalue weighted by Crippen LogP contribution is 2.37. The predicted molar refractivity (Wildman–Crippen MR) is 135 cm³/mol. The number of hydrogen-bond acceptors (Lipinski definition) is 7. The Morgan fingerprint density at radius 3 is 2.59 bits per heavy atom. The number of ether oxygens (including phenoxy) is 2. The summed E-state index contributed by atoms with van der Waals surface area (Å²) in [4.78, 5) is 25.6. The molecule has 1 amide bonds. The van der Waals surface area contributed by atoms with Crippen LogP contribution in [0.5, 0.6) is 11.5 Å². The molecule has 1 unspecified atom stereocenters. The maximum atomic E-state index is 13.2. The van der Waals surface area contributed by atoms with Crippen LogP contribution in [0.15, 0.2) is 58.7 Å². The van der Waals surface area contributed by atoms with Gasteiger partial charge in [0.15, 0.2) is 5.82 Å². The van der Waals surface area contributed by atoms with Gasteiger partial charge in [0.2, 0.25) is 5.91 Å². The van der Waals surface area contributed by atoms with Crippen LogP contribution >= 0.6 is 23.4 Å². The molecule has 4 rings (SSSR count). The molecule has 1 atom stereocenters. The Hall–Kier alpha value is -2.97. The number of carbonyl (C=O) groups is 1. The Morgan fingerprint density at radius 2 is 1.85 bits per heavy atom. The molecule has 2 heterocycles. The quantitative estimate of drug-likeness (QED) is 0.463. The lowest BCUT2D eigenvalue weighted by Gasteiger charge is -2.33. The van der Waals surface area contributed by atoms with Gasteiger partial charge >= 0.3 is 0 Å². The molecule has 1 fully saturated rings. The maximum absolute atomic E-state index is 13.2. The van der Waals surface area contributed by atoms with Crippen LogP contribution in [0, 0.1) is 12.8 Å². The molecule has 2 aromatic carbocycles. The van der Waals surface area contributed by atoms with Gasteiger partial charge in [-0.15, -0.1) is 0 Å². The summed E-state index contributed by atoms with van der Waals surface area (Å²) in [5.74, 6) is 1.49. The first-order valence-corrected chi connectivity index (χ1v) is 12.2. The van der Waals surface area contributed by atoms with Crippen LogP contribution in [0.25, 0.3) is 0 Å². The minimum atomic E-state index is -0.210. The van der Waals surface area contributed by atoms with Gasteiger partial charge in [-0.25, -0.2) is 9.97 Å². The number of aromatic nitrogens is 2. The number of aryl methyl sites for hydroxylation is 1. The van der Waals surface area contributed by atoms with Crippen molar-refractivity contribution in [3.63, 3.8) is 0 Å². The number of anilines is 2. The average molecular weight is 499 g/mol.